The molecule has 0 aliphatic carbocycles. The van der Waals surface area contributed by atoms with Crippen LogP contribution in [0.1, 0.15) is 41.0 Å². The Hall–Kier alpha value is -1.06. The molecule has 0 saturated heterocycles. The molecule has 0 bridgehead atoms. The van der Waals surface area contributed by atoms with Crippen LogP contribution in [0.5, 0.6) is 0 Å². The van der Waals surface area contributed by atoms with E-state index in [0.717, 1.165) is 12.1 Å². The predicted molar refractivity (Wildman–Crippen MR) is 62.0 cm³/mol. The van der Waals surface area contributed by atoms with Gasteiger partial charge in [0.2, 0.25) is 0 Å². The van der Waals surface area contributed by atoms with Gasteiger partial charge in [-0.2, -0.15) is 10.1 Å². The van der Waals surface area contributed by atoms with Gasteiger partial charge >= 0.3 is 6.09 Å². The molecule has 0 aliphatic heterocycles. The predicted octanol–water partition coefficient (Wildman–Crippen LogP) is 2.89. The van der Waals surface area contributed by atoms with Crippen molar-refractivity contribution in [1.82, 2.24) is 5.01 Å². The van der Waals surface area contributed by atoms with Crippen LogP contribution in [0, 0.1) is 5.92 Å². The van der Waals surface area contributed by atoms with Crippen LogP contribution in [0.2, 0.25) is 0 Å². The van der Waals surface area contributed by atoms with Gasteiger partial charge in [0, 0.05) is 12.3 Å². The first-order valence-corrected chi connectivity index (χ1v) is 5.43. The van der Waals surface area contributed by atoms with E-state index < -0.39 is 0 Å². The largest absolute Gasteiger partial charge is 0.448 e. The summed E-state index contributed by atoms with van der Waals surface area (Å²) in [6.45, 7) is 10.7. The van der Waals surface area contributed by atoms with E-state index >= 15 is 0 Å². The molecule has 0 N–H and O–H groups in total. The molecule has 0 aromatic rings. The molecule has 0 unspecified atom stereocenters. The number of carbonyl (C=O) groups excluding carboxylic acids is 1. The van der Waals surface area contributed by atoms with E-state index in [1.165, 1.54) is 5.01 Å². The Morgan fingerprint density at radius 1 is 1.40 bits per heavy atom. The van der Waals surface area contributed by atoms with E-state index in [9.17, 15) is 4.79 Å². The summed E-state index contributed by atoms with van der Waals surface area (Å²) >= 11 is 0. The highest BCUT2D eigenvalue weighted by Gasteiger charge is 2.13. The van der Waals surface area contributed by atoms with E-state index in [1.807, 2.05) is 13.8 Å². The third-order valence-corrected chi connectivity index (χ3v) is 1.72. The lowest BCUT2D eigenvalue weighted by Crippen LogP contribution is -2.29. The van der Waals surface area contributed by atoms with Crippen molar-refractivity contribution in [2.24, 2.45) is 11.0 Å². The fraction of sp³-hybridized carbons (Fsp3) is 0.818. The van der Waals surface area contributed by atoms with Crippen molar-refractivity contribution in [3.8, 4) is 0 Å². The Morgan fingerprint density at radius 2 is 2.00 bits per heavy atom. The molecule has 4 nitrogen and oxygen atoms in total. The molecule has 0 rings (SSSR count). The Bertz CT molecular complexity index is 221. The lowest BCUT2D eigenvalue weighted by atomic mass is 10.1. The maximum Gasteiger partial charge on any atom is 0.430 e. The van der Waals surface area contributed by atoms with Crippen LogP contribution in [0.3, 0.4) is 0 Å². The smallest absolute Gasteiger partial charge is 0.430 e. The monoisotopic (exact) mass is 214 g/mol. The zero-order valence-electron chi connectivity index (χ0n) is 10.4. The topological polar surface area (TPSA) is 41.9 Å². The normalized spacial score (nSPS) is 10.0. The zero-order valence-corrected chi connectivity index (χ0v) is 10.4. The fourth-order valence-corrected chi connectivity index (χ4v) is 1.00. The second-order valence-electron chi connectivity index (χ2n) is 4.05. The number of hydrazone groups is 1. The molecule has 0 aromatic heterocycles. The van der Waals surface area contributed by atoms with E-state index in [-0.39, 0.29) is 6.09 Å². The molecule has 4 heteroatoms. The maximum absolute atomic E-state index is 11.5. The summed E-state index contributed by atoms with van der Waals surface area (Å²) in [6.07, 6.45) is 0.564. The third-order valence-electron chi connectivity index (χ3n) is 1.72. The molecule has 0 radical (unpaired) electrons. The first-order chi connectivity index (χ1) is 6.97. The molecule has 1 amide bonds. The molecular weight excluding hydrogens is 192 g/mol. The summed E-state index contributed by atoms with van der Waals surface area (Å²) in [5.74, 6) is 0.550. The van der Waals surface area contributed by atoms with Gasteiger partial charge in [-0.25, -0.2) is 4.79 Å². The van der Waals surface area contributed by atoms with Crippen LogP contribution in [0.25, 0.3) is 0 Å². The lowest BCUT2D eigenvalue weighted by molar-refractivity contribution is 0.106. The van der Waals surface area contributed by atoms with E-state index in [0.29, 0.717) is 19.1 Å². The van der Waals surface area contributed by atoms with Gasteiger partial charge in [-0.3, -0.25) is 0 Å². The van der Waals surface area contributed by atoms with Crippen LogP contribution in [-0.4, -0.2) is 30.0 Å². The van der Waals surface area contributed by atoms with E-state index in [1.54, 1.807) is 6.92 Å². The SMILES string of the molecule is CCOC(=O)N(CCC(C)C)N=C(C)C. The Labute approximate surface area is 92.3 Å². The van der Waals surface area contributed by atoms with Crippen molar-refractivity contribution in [3.63, 3.8) is 0 Å². The number of hydrogen-bond donors (Lipinski definition) is 0. The van der Waals surface area contributed by atoms with Crippen molar-refractivity contribution in [3.05, 3.63) is 0 Å². The molecule has 0 aliphatic rings. The van der Waals surface area contributed by atoms with Gasteiger partial charge in [0.25, 0.3) is 0 Å². The molecule has 0 fully saturated rings. The van der Waals surface area contributed by atoms with Gasteiger partial charge in [0.1, 0.15) is 0 Å². The van der Waals surface area contributed by atoms with Gasteiger partial charge < -0.3 is 4.74 Å². The third kappa shape index (κ3) is 6.94. The van der Waals surface area contributed by atoms with Crippen LogP contribution in [0.4, 0.5) is 4.79 Å². The Balaban J connectivity index is 4.31. The second kappa shape index (κ2) is 7.26. The van der Waals surface area contributed by atoms with Crippen molar-refractivity contribution in [2.75, 3.05) is 13.2 Å². The lowest BCUT2D eigenvalue weighted by Gasteiger charge is -2.17. The number of nitrogens with zero attached hydrogens (tertiary/aromatic N) is 2. The van der Waals surface area contributed by atoms with Crippen LogP contribution >= 0.6 is 0 Å². The number of ether oxygens (including phenoxy) is 1. The number of hydrogen-bond acceptors (Lipinski definition) is 3. The highest BCUT2D eigenvalue weighted by molar-refractivity contribution is 5.80. The average molecular weight is 214 g/mol. The van der Waals surface area contributed by atoms with Gasteiger partial charge in [-0.15, -0.1) is 0 Å². The van der Waals surface area contributed by atoms with Crippen LogP contribution < -0.4 is 0 Å². The molecular formula is C11H22N2O2. The molecule has 0 aromatic carbocycles. The quantitative estimate of drug-likeness (QED) is 0.521. The summed E-state index contributed by atoms with van der Waals surface area (Å²) in [5.41, 5.74) is 0.854. The number of rotatable bonds is 5. The summed E-state index contributed by atoms with van der Waals surface area (Å²) in [7, 11) is 0. The van der Waals surface area contributed by atoms with Crippen molar-refractivity contribution in [1.29, 1.82) is 0 Å². The van der Waals surface area contributed by atoms with Crippen LogP contribution in [-0.2, 0) is 4.74 Å². The minimum Gasteiger partial charge on any atom is -0.448 e. The van der Waals surface area contributed by atoms with E-state index in [4.69, 9.17) is 4.74 Å². The minimum atomic E-state index is -0.362. The van der Waals surface area contributed by atoms with E-state index in [2.05, 4.69) is 18.9 Å². The van der Waals surface area contributed by atoms with Gasteiger partial charge in [0.15, 0.2) is 0 Å². The Morgan fingerprint density at radius 3 is 2.40 bits per heavy atom. The first kappa shape index (κ1) is 13.9. The number of carbonyl (C=O) groups is 1. The molecule has 0 atom stereocenters. The summed E-state index contributed by atoms with van der Waals surface area (Å²) < 4.78 is 4.92. The fourth-order valence-electron chi connectivity index (χ4n) is 1.00. The minimum absolute atomic E-state index is 0.362. The van der Waals surface area contributed by atoms with Crippen molar-refractivity contribution in [2.45, 2.75) is 41.0 Å². The second-order valence-corrected chi connectivity index (χ2v) is 4.05. The van der Waals surface area contributed by atoms with Crippen LogP contribution in [0.15, 0.2) is 5.10 Å². The maximum atomic E-state index is 11.5. The highest BCUT2D eigenvalue weighted by atomic mass is 16.6. The standard InChI is InChI=1S/C11H22N2O2/c1-6-15-11(14)13(12-10(4)5)8-7-9(2)3/h9H,6-8H2,1-5H3. The van der Waals surface area contributed by atoms with Gasteiger partial charge in [-0.05, 0) is 33.1 Å². The van der Waals surface area contributed by atoms with Gasteiger partial charge in [0.05, 0.1) is 6.61 Å². The summed E-state index contributed by atoms with van der Waals surface area (Å²) in [5, 5.41) is 5.54. The zero-order chi connectivity index (χ0) is 11.8. The summed E-state index contributed by atoms with van der Waals surface area (Å²) in [4.78, 5) is 11.5. The van der Waals surface area contributed by atoms with Gasteiger partial charge in [-0.1, -0.05) is 13.8 Å². The average Bonchev–Trinajstić information content (AvgIpc) is 2.11. The van der Waals surface area contributed by atoms with Crippen molar-refractivity contribution < 1.29 is 9.53 Å². The Kier molecular flexibility index (Phi) is 6.75. The molecule has 0 saturated carbocycles. The molecule has 15 heavy (non-hydrogen) atoms. The number of amides is 1. The first-order valence-electron chi connectivity index (χ1n) is 5.43. The summed E-state index contributed by atoms with van der Waals surface area (Å²) in [6, 6.07) is 0. The molecule has 0 heterocycles. The highest BCUT2D eigenvalue weighted by Crippen LogP contribution is 2.04. The molecule has 0 spiro atoms. The molecule has 88 valence electrons. The van der Waals surface area contributed by atoms with Crippen molar-refractivity contribution >= 4 is 11.8 Å².